The highest BCUT2D eigenvalue weighted by Gasteiger charge is 2.25. The Hall–Kier alpha value is -2.11. The normalized spacial score (nSPS) is 17.6. The van der Waals surface area contributed by atoms with Crippen molar-refractivity contribution in [3.8, 4) is 0 Å². The molecule has 1 aliphatic rings. The number of fused-ring (bicyclic) bond motifs is 1. The molecule has 0 aliphatic carbocycles. The van der Waals surface area contributed by atoms with Gasteiger partial charge in [-0.25, -0.2) is 4.98 Å². The molecule has 130 valence electrons. The number of aryl methyl sites for hydroxylation is 3. The minimum absolute atomic E-state index is 0.0193. The van der Waals surface area contributed by atoms with E-state index in [1.165, 1.54) is 0 Å². The molecule has 0 bridgehead atoms. The fourth-order valence-corrected chi connectivity index (χ4v) is 3.17. The van der Waals surface area contributed by atoms with E-state index in [1.807, 2.05) is 19.9 Å². The van der Waals surface area contributed by atoms with Crippen LogP contribution in [0.2, 0.25) is 0 Å². The Labute approximate surface area is 143 Å². The van der Waals surface area contributed by atoms with E-state index in [4.69, 9.17) is 4.98 Å². The highest BCUT2D eigenvalue weighted by Crippen LogP contribution is 2.24. The highest BCUT2D eigenvalue weighted by atomic mass is 16.2. The Morgan fingerprint density at radius 1 is 1.38 bits per heavy atom. The van der Waals surface area contributed by atoms with Crippen molar-refractivity contribution >= 4 is 5.91 Å². The number of hydrogen-bond acceptors (Lipinski definition) is 3. The van der Waals surface area contributed by atoms with E-state index in [9.17, 15) is 4.79 Å². The van der Waals surface area contributed by atoms with Crippen LogP contribution in [0.5, 0.6) is 0 Å². The molecule has 3 heterocycles. The Morgan fingerprint density at radius 2 is 2.12 bits per heavy atom. The zero-order chi connectivity index (χ0) is 17.5. The van der Waals surface area contributed by atoms with Crippen LogP contribution < -0.4 is 5.32 Å². The van der Waals surface area contributed by atoms with Crippen LogP contribution in [-0.2, 0) is 29.7 Å². The highest BCUT2D eigenvalue weighted by molar-refractivity contribution is 5.76. The Morgan fingerprint density at radius 3 is 2.75 bits per heavy atom. The number of imidazole rings is 1. The van der Waals surface area contributed by atoms with Gasteiger partial charge in [0, 0.05) is 36.3 Å². The van der Waals surface area contributed by atoms with Crippen LogP contribution >= 0.6 is 0 Å². The van der Waals surface area contributed by atoms with Gasteiger partial charge in [-0.15, -0.1) is 0 Å². The summed E-state index contributed by atoms with van der Waals surface area (Å²) in [6.07, 6.45) is 3.97. The predicted octanol–water partition coefficient (Wildman–Crippen LogP) is 2.13. The summed E-state index contributed by atoms with van der Waals surface area (Å²) < 4.78 is 3.95. The molecule has 0 fully saturated rings. The molecule has 0 spiro atoms. The van der Waals surface area contributed by atoms with Gasteiger partial charge in [-0.3, -0.25) is 9.48 Å². The van der Waals surface area contributed by atoms with E-state index in [2.05, 4.69) is 42.0 Å². The van der Waals surface area contributed by atoms with E-state index in [0.29, 0.717) is 0 Å². The van der Waals surface area contributed by atoms with E-state index in [-0.39, 0.29) is 23.9 Å². The van der Waals surface area contributed by atoms with Crippen molar-refractivity contribution < 1.29 is 4.79 Å². The van der Waals surface area contributed by atoms with Crippen molar-refractivity contribution in [3.05, 3.63) is 35.2 Å². The van der Waals surface area contributed by atoms with E-state index in [0.717, 1.165) is 42.3 Å². The molecule has 2 aromatic heterocycles. The fraction of sp³-hybridized carbons (Fsp3) is 0.611. The summed E-state index contributed by atoms with van der Waals surface area (Å²) in [6, 6.07) is 2.14. The smallest absolute Gasteiger partial charge is 0.242 e. The summed E-state index contributed by atoms with van der Waals surface area (Å²) in [7, 11) is 0. The molecule has 0 saturated heterocycles. The Balaban J connectivity index is 1.62. The molecule has 0 saturated carbocycles. The number of carbonyl (C=O) groups excluding carboxylic acids is 1. The molecule has 2 aromatic rings. The first-order chi connectivity index (χ1) is 11.2. The molecule has 3 rings (SSSR count). The number of amides is 1. The van der Waals surface area contributed by atoms with Gasteiger partial charge in [0.15, 0.2) is 0 Å². The van der Waals surface area contributed by atoms with Gasteiger partial charge >= 0.3 is 0 Å². The van der Waals surface area contributed by atoms with Crippen LogP contribution in [0.25, 0.3) is 0 Å². The third-order valence-corrected chi connectivity index (χ3v) is 4.52. The SMILES string of the molecule is Cc1cc(C)n(CC(=O)N[C@H]2CCc3nc(C(C)(C)C)cn3C2)n1. The van der Waals surface area contributed by atoms with Gasteiger partial charge in [0.05, 0.1) is 11.4 Å². The molecule has 1 amide bonds. The molecule has 24 heavy (non-hydrogen) atoms. The number of carbonyl (C=O) groups is 1. The summed E-state index contributed by atoms with van der Waals surface area (Å²) >= 11 is 0. The second kappa shape index (κ2) is 6.07. The molecule has 0 aromatic carbocycles. The summed E-state index contributed by atoms with van der Waals surface area (Å²) in [5.74, 6) is 1.15. The lowest BCUT2D eigenvalue weighted by molar-refractivity contribution is -0.122. The standard InChI is InChI=1S/C18H27N5O/c1-12-8-13(2)23(21-12)11-17(24)19-14-6-7-16-20-15(18(3,4)5)10-22(16)9-14/h8,10,14H,6-7,9,11H2,1-5H3,(H,19,24)/t14-/m0/s1. The molecular formula is C18H27N5O. The van der Waals surface area contributed by atoms with Gasteiger partial charge < -0.3 is 9.88 Å². The van der Waals surface area contributed by atoms with Crippen LogP contribution in [0, 0.1) is 13.8 Å². The topological polar surface area (TPSA) is 64.7 Å². The zero-order valence-corrected chi connectivity index (χ0v) is 15.3. The van der Waals surface area contributed by atoms with Gasteiger partial charge in [-0.1, -0.05) is 20.8 Å². The summed E-state index contributed by atoms with van der Waals surface area (Å²) in [4.78, 5) is 17.1. The monoisotopic (exact) mass is 329 g/mol. The number of rotatable bonds is 3. The molecule has 1 atom stereocenters. The lowest BCUT2D eigenvalue weighted by Gasteiger charge is -2.24. The third kappa shape index (κ3) is 3.52. The second-order valence-corrected chi connectivity index (χ2v) is 7.83. The largest absolute Gasteiger partial charge is 0.350 e. The minimum Gasteiger partial charge on any atom is -0.350 e. The molecule has 1 N–H and O–H groups in total. The third-order valence-electron chi connectivity index (χ3n) is 4.52. The van der Waals surface area contributed by atoms with Crippen molar-refractivity contribution in [3.63, 3.8) is 0 Å². The molecular weight excluding hydrogens is 302 g/mol. The lowest BCUT2D eigenvalue weighted by atomic mass is 9.93. The van der Waals surface area contributed by atoms with E-state index < -0.39 is 0 Å². The van der Waals surface area contributed by atoms with Crippen molar-refractivity contribution in [1.29, 1.82) is 0 Å². The molecule has 6 nitrogen and oxygen atoms in total. The number of nitrogens with one attached hydrogen (secondary N) is 1. The van der Waals surface area contributed by atoms with Crippen molar-refractivity contribution in [1.82, 2.24) is 24.6 Å². The summed E-state index contributed by atoms with van der Waals surface area (Å²) in [5.41, 5.74) is 3.12. The molecule has 0 radical (unpaired) electrons. The summed E-state index contributed by atoms with van der Waals surface area (Å²) in [5, 5.41) is 7.49. The van der Waals surface area contributed by atoms with Crippen molar-refractivity contribution in [2.45, 2.75) is 72.0 Å². The second-order valence-electron chi connectivity index (χ2n) is 7.83. The maximum atomic E-state index is 12.3. The maximum absolute atomic E-state index is 12.3. The van der Waals surface area contributed by atoms with Crippen LogP contribution in [0.3, 0.4) is 0 Å². The number of nitrogens with zero attached hydrogens (tertiary/aromatic N) is 4. The molecule has 0 unspecified atom stereocenters. The van der Waals surface area contributed by atoms with Crippen LogP contribution in [0.15, 0.2) is 12.3 Å². The number of aromatic nitrogens is 4. The van der Waals surface area contributed by atoms with Crippen molar-refractivity contribution in [2.75, 3.05) is 0 Å². The lowest BCUT2D eigenvalue weighted by Crippen LogP contribution is -2.42. The van der Waals surface area contributed by atoms with Gasteiger partial charge in [-0.2, -0.15) is 5.10 Å². The maximum Gasteiger partial charge on any atom is 0.242 e. The van der Waals surface area contributed by atoms with Crippen LogP contribution in [0.1, 0.15) is 50.1 Å². The first kappa shape index (κ1) is 16.7. The first-order valence-electron chi connectivity index (χ1n) is 8.59. The first-order valence-corrected chi connectivity index (χ1v) is 8.59. The molecule has 1 aliphatic heterocycles. The Bertz CT molecular complexity index is 750. The van der Waals surface area contributed by atoms with Crippen molar-refractivity contribution in [2.24, 2.45) is 0 Å². The van der Waals surface area contributed by atoms with E-state index >= 15 is 0 Å². The number of hydrogen-bond donors (Lipinski definition) is 1. The van der Waals surface area contributed by atoms with Crippen LogP contribution in [-0.4, -0.2) is 31.3 Å². The van der Waals surface area contributed by atoms with Gasteiger partial charge in [0.25, 0.3) is 0 Å². The van der Waals surface area contributed by atoms with E-state index in [1.54, 1.807) is 4.68 Å². The zero-order valence-electron chi connectivity index (χ0n) is 15.3. The average Bonchev–Trinajstić information content (AvgIpc) is 3.01. The minimum atomic E-state index is 0.0193. The fourth-order valence-electron chi connectivity index (χ4n) is 3.17. The van der Waals surface area contributed by atoms with Gasteiger partial charge in [-0.05, 0) is 26.3 Å². The predicted molar refractivity (Wildman–Crippen MR) is 92.9 cm³/mol. The summed E-state index contributed by atoms with van der Waals surface area (Å²) in [6.45, 7) is 11.5. The van der Waals surface area contributed by atoms with Gasteiger partial charge in [0.1, 0.15) is 12.4 Å². The Kier molecular flexibility index (Phi) is 4.24. The van der Waals surface area contributed by atoms with Gasteiger partial charge in [0.2, 0.25) is 5.91 Å². The molecule has 6 heteroatoms. The average molecular weight is 329 g/mol. The van der Waals surface area contributed by atoms with Crippen LogP contribution in [0.4, 0.5) is 0 Å². The quantitative estimate of drug-likeness (QED) is 0.938.